The third kappa shape index (κ3) is 1.66. The molecule has 78 valence electrons. The highest BCUT2D eigenvalue weighted by molar-refractivity contribution is 5.04. The predicted molar refractivity (Wildman–Crippen MR) is 54.8 cm³/mol. The van der Waals surface area contributed by atoms with Gasteiger partial charge in [0.05, 0.1) is 6.04 Å². The minimum Gasteiger partial charge on any atom is -0.321 e. The summed E-state index contributed by atoms with van der Waals surface area (Å²) >= 11 is 0. The zero-order valence-corrected chi connectivity index (χ0v) is 8.74. The summed E-state index contributed by atoms with van der Waals surface area (Å²) in [7, 11) is 0. The van der Waals surface area contributed by atoms with Crippen LogP contribution in [0.4, 0.5) is 0 Å². The fourth-order valence-corrected chi connectivity index (χ4v) is 2.00. The molecule has 14 heavy (non-hydrogen) atoms. The van der Waals surface area contributed by atoms with Crippen LogP contribution in [0.15, 0.2) is 0 Å². The van der Waals surface area contributed by atoms with Crippen molar-refractivity contribution in [2.45, 2.75) is 51.6 Å². The second kappa shape index (κ2) is 4.09. The predicted octanol–water partition coefficient (Wildman–Crippen LogP) is 1.41. The molecule has 1 atom stereocenters. The Kier molecular flexibility index (Phi) is 2.82. The number of fused-ring (bicyclic) bond motifs is 1. The molecule has 4 heteroatoms. The standard InChI is InChI=1S/C10H18N4/c1-2-3-5-8(11)10-13-12-9-6-4-7-14(9)10/h8H,2-7,11H2,1H3. The van der Waals surface area contributed by atoms with Crippen LogP contribution in [0.1, 0.15) is 50.3 Å². The molecule has 4 nitrogen and oxygen atoms in total. The van der Waals surface area contributed by atoms with Gasteiger partial charge in [0.1, 0.15) is 11.6 Å². The molecule has 2 N–H and O–H groups in total. The molecule has 0 aliphatic carbocycles. The Morgan fingerprint density at radius 1 is 1.50 bits per heavy atom. The molecular weight excluding hydrogens is 176 g/mol. The summed E-state index contributed by atoms with van der Waals surface area (Å²) in [6.45, 7) is 3.23. The zero-order valence-electron chi connectivity index (χ0n) is 8.74. The molecule has 1 aromatic heterocycles. The number of rotatable bonds is 4. The van der Waals surface area contributed by atoms with Crippen LogP contribution in [-0.4, -0.2) is 14.8 Å². The molecule has 0 saturated carbocycles. The summed E-state index contributed by atoms with van der Waals surface area (Å²) in [5.41, 5.74) is 6.08. The molecule has 1 aromatic rings. The Balaban J connectivity index is 2.08. The maximum Gasteiger partial charge on any atom is 0.149 e. The van der Waals surface area contributed by atoms with Gasteiger partial charge >= 0.3 is 0 Å². The molecule has 0 amide bonds. The van der Waals surface area contributed by atoms with E-state index in [9.17, 15) is 0 Å². The molecule has 0 radical (unpaired) electrons. The summed E-state index contributed by atoms with van der Waals surface area (Å²) < 4.78 is 2.19. The smallest absolute Gasteiger partial charge is 0.149 e. The first-order chi connectivity index (χ1) is 6.83. The van der Waals surface area contributed by atoms with Crippen molar-refractivity contribution in [2.75, 3.05) is 0 Å². The summed E-state index contributed by atoms with van der Waals surface area (Å²) in [6, 6.07) is 0.0781. The fourth-order valence-electron chi connectivity index (χ4n) is 2.00. The monoisotopic (exact) mass is 194 g/mol. The molecular formula is C10H18N4. The Morgan fingerprint density at radius 3 is 3.14 bits per heavy atom. The van der Waals surface area contributed by atoms with Crippen molar-refractivity contribution in [3.63, 3.8) is 0 Å². The van der Waals surface area contributed by atoms with Crippen LogP contribution in [0.2, 0.25) is 0 Å². The molecule has 1 aliphatic rings. The van der Waals surface area contributed by atoms with Gasteiger partial charge in [-0.1, -0.05) is 19.8 Å². The normalized spacial score (nSPS) is 17.0. The van der Waals surface area contributed by atoms with E-state index in [0.29, 0.717) is 0 Å². The summed E-state index contributed by atoms with van der Waals surface area (Å²) in [5, 5.41) is 8.34. The molecule has 0 saturated heterocycles. The molecule has 0 fully saturated rings. The lowest BCUT2D eigenvalue weighted by Gasteiger charge is -2.10. The van der Waals surface area contributed by atoms with Gasteiger partial charge in [-0.3, -0.25) is 0 Å². The molecule has 0 spiro atoms. The molecule has 0 bridgehead atoms. The Bertz CT molecular complexity index is 305. The van der Waals surface area contributed by atoms with Gasteiger partial charge in [-0.05, 0) is 12.8 Å². The van der Waals surface area contributed by atoms with Gasteiger partial charge in [0.15, 0.2) is 0 Å². The summed E-state index contributed by atoms with van der Waals surface area (Å²) in [5.74, 6) is 2.11. The highest BCUT2D eigenvalue weighted by Crippen LogP contribution is 2.20. The van der Waals surface area contributed by atoms with Crippen molar-refractivity contribution in [3.05, 3.63) is 11.6 Å². The van der Waals surface area contributed by atoms with Crippen LogP contribution >= 0.6 is 0 Å². The molecule has 1 aliphatic heterocycles. The van der Waals surface area contributed by atoms with E-state index in [0.717, 1.165) is 31.0 Å². The third-order valence-electron chi connectivity index (χ3n) is 2.84. The van der Waals surface area contributed by atoms with E-state index in [2.05, 4.69) is 21.7 Å². The van der Waals surface area contributed by atoms with Crippen LogP contribution < -0.4 is 5.73 Å². The van der Waals surface area contributed by atoms with Crippen molar-refractivity contribution in [3.8, 4) is 0 Å². The van der Waals surface area contributed by atoms with E-state index in [1.165, 1.54) is 19.3 Å². The van der Waals surface area contributed by atoms with Gasteiger partial charge in [0, 0.05) is 13.0 Å². The van der Waals surface area contributed by atoms with Crippen molar-refractivity contribution in [2.24, 2.45) is 5.73 Å². The first-order valence-electron chi connectivity index (χ1n) is 5.50. The number of nitrogens with two attached hydrogens (primary N) is 1. The number of unbranched alkanes of at least 4 members (excludes halogenated alkanes) is 1. The maximum absolute atomic E-state index is 6.08. The fraction of sp³-hybridized carbons (Fsp3) is 0.800. The summed E-state index contributed by atoms with van der Waals surface area (Å²) in [6.07, 6.45) is 5.64. The number of hydrogen-bond acceptors (Lipinski definition) is 3. The van der Waals surface area contributed by atoms with E-state index >= 15 is 0 Å². The van der Waals surface area contributed by atoms with Crippen molar-refractivity contribution >= 4 is 0 Å². The highest BCUT2D eigenvalue weighted by atomic mass is 15.3. The van der Waals surface area contributed by atoms with Crippen LogP contribution in [0, 0.1) is 0 Å². The lowest BCUT2D eigenvalue weighted by atomic mass is 10.1. The van der Waals surface area contributed by atoms with Gasteiger partial charge < -0.3 is 10.3 Å². The zero-order chi connectivity index (χ0) is 9.97. The van der Waals surface area contributed by atoms with Gasteiger partial charge in [-0.2, -0.15) is 0 Å². The Hall–Kier alpha value is -0.900. The average Bonchev–Trinajstić information content (AvgIpc) is 2.74. The Labute approximate surface area is 84.5 Å². The molecule has 1 unspecified atom stereocenters. The van der Waals surface area contributed by atoms with Crippen LogP contribution in [0.25, 0.3) is 0 Å². The molecule has 0 aromatic carbocycles. The first kappa shape index (κ1) is 9.65. The summed E-state index contributed by atoms with van der Waals surface area (Å²) in [4.78, 5) is 0. The number of nitrogens with zero attached hydrogens (tertiary/aromatic N) is 3. The topological polar surface area (TPSA) is 56.7 Å². The van der Waals surface area contributed by atoms with Crippen LogP contribution in [0.5, 0.6) is 0 Å². The number of aromatic nitrogens is 3. The lowest BCUT2D eigenvalue weighted by Crippen LogP contribution is -2.16. The van der Waals surface area contributed by atoms with Crippen molar-refractivity contribution < 1.29 is 0 Å². The van der Waals surface area contributed by atoms with E-state index in [-0.39, 0.29) is 6.04 Å². The van der Waals surface area contributed by atoms with E-state index in [1.54, 1.807) is 0 Å². The number of hydrogen-bond donors (Lipinski definition) is 1. The van der Waals surface area contributed by atoms with E-state index in [4.69, 9.17) is 5.73 Å². The largest absolute Gasteiger partial charge is 0.321 e. The van der Waals surface area contributed by atoms with Gasteiger partial charge in [0.2, 0.25) is 0 Å². The van der Waals surface area contributed by atoms with Crippen LogP contribution in [0.3, 0.4) is 0 Å². The number of aryl methyl sites for hydroxylation is 1. The second-order valence-electron chi connectivity index (χ2n) is 3.98. The van der Waals surface area contributed by atoms with Crippen molar-refractivity contribution in [1.29, 1.82) is 0 Å². The first-order valence-corrected chi connectivity index (χ1v) is 5.50. The minimum atomic E-state index is 0.0781. The lowest BCUT2D eigenvalue weighted by molar-refractivity contribution is 0.541. The maximum atomic E-state index is 6.08. The quantitative estimate of drug-likeness (QED) is 0.788. The van der Waals surface area contributed by atoms with E-state index < -0.39 is 0 Å². The van der Waals surface area contributed by atoms with Gasteiger partial charge in [-0.15, -0.1) is 10.2 Å². The van der Waals surface area contributed by atoms with E-state index in [1.807, 2.05) is 0 Å². The average molecular weight is 194 g/mol. The van der Waals surface area contributed by atoms with Crippen molar-refractivity contribution in [1.82, 2.24) is 14.8 Å². The molecule has 2 heterocycles. The minimum absolute atomic E-state index is 0.0781. The third-order valence-corrected chi connectivity index (χ3v) is 2.84. The van der Waals surface area contributed by atoms with Crippen LogP contribution in [-0.2, 0) is 13.0 Å². The Morgan fingerprint density at radius 2 is 2.36 bits per heavy atom. The second-order valence-corrected chi connectivity index (χ2v) is 3.98. The van der Waals surface area contributed by atoms with Gasteiger partial charge in [0.25, 0.3) is 0 Å². The molecule has 2 rings (SSSR count). The SMILES string of the molecule is CCCCC(N)c1nnc2n1CCC2. The van der Waals surface area contributed by atoms with Gasteiger partial charge in [-0.25, -0.2) is 0 Å². The highest BCUT2D eigenvalue weighted by Gasteiger charge is 2.20.